The number of aliphatic hydroxyl groups is 2. The van der Waals surface area contributed by atoms with Gasteiger partial charge in [-0.1, -0.05) is 44.2 Å². The molecule has 0 unspecified atom stereocenters. The van der Waals surface area contributed by atoms with Gasteiger partial charge in [-0.25, -0.2) is 22.3 Å². The molecule has 1 aromatic heterocycles. The zero-order valence-corrected chi connectivity index (χ0v) is 25.5. The fraction of sp³-hybridized carbons (Fsp3) is 0.344. The molecule has 2 amide bonds. The van der Waals surface area contributed by atoms with Gasteiger partial charge in [-0.2, -0.15) is 0 Å². The van der Waals surface area contributed by atoms with Crippen LogP contribution in [0.2, 0.25) is 0 Å². The summed E-state index contributed by atoms with van der Waals surface area (Å²) in [4.78, 5) is 27.8. The van der Waals surface area contributed by atoms with Gasteiger partial charge < -0.3 is 20.6 Å². The number of aryl methyl sites for hydroxylation is 1. The molecular weight excluding hydrogens is 589 g/mol. The summed E-state index contributed by atoms with van der Waals surface area (Å²) in [6.45, 7) is 3.89. The van der Waals surface area contributed by atoms with Gasteiger partial charge in [0, 0.05) is 24.6 Å². The van der Waals surface area contributed by atoms with Crippen molar-refractivity contribution in [1.29, 1.82) is 0 Å². The number of benzene rings is 2. The molecule has 1 aliphatic rings. The highest BCUT2D eigenvalue weighted by atomic mass is 32.2. The van der Waals surface area contributed by atoms with Gasteiger partial charge in [0.05, 0.1) is 34.9 Å². The summed E-state index contributed by atoms with van der Waals surface area (Å²) in [5.74, 6) is -1.73. The number of hydrogen-bond donors (Lipinski definition) is 5. The molecule has 1 aliphatic carbocycles. The molecule has 0 fully saturated rings. The Kier molecular flexibility index (Phi) is 10.2. The van der Waals surface area contributed by atoms with Gasteiger partial charge in [0.25, 0.3) is 10.0 Å². The van der Waals surface area contributed by atoms with Crippen LogP contribution in [0.1, 0.15) is 61.4 Å². The van der Waals surface area contributed by atoms with Crippen molar-refractivity contribution in [3.63, 3.8) is 0 Å². The van der Waals surface area contributed by atoms with E-state index in [2.05, 4.69) is 5.32 Å². The van der Waals surface area contributed by atoms with Crippen LogP contribution in [-0.2, 0) is 27.7 Å². The number of carboxylic acids is 1. The van der Waals surface area contributed by atoms with Crippen molar-refractivity contribution in [2.45, 2.75) is 69.0 Å². The summed E-state index contributed by atoms with van der Waals surface area (Å²) in [5.41, 5.74) is 5.64. The number of urea groups is 1. The number of carbonyl (C=O) groups excluding carboxylic acids is 1. The normalized spacial score (nSPS) is 14.4. The molecule has 3 aromatic rings. The Balaban J connectivity index is 1.95. The van der Waals surface area contributed by atoms with Crippen LogP contribution in [-0.4, -0.2) is 60.0 Å². The molecule has 44 heavy (non-hydrogen) atoms. The quantitative estimate of drug-likeness (QED) is 0.221. The first kappa shape index (κ1) is 32.8. The zero-order valence-electron chi connectivity index (χ0n) is 24.7. The largest absolute Gasteiger partial charge is 0.481 e. The van der Waals surface area contributed by atoms with Crippen LogP contribution < -0.4 is 10.0 Å². The van der Waals surface area contributed by atoms with Gasteiger partial charge >= 0.3 is 12.0 Å². The molecule has 0 aliphatic heterocycles. The summed E-state index contributed by atoms with van der Waals surface area (Å²) >= 11 is 0. The van der Waals surface area contributed by atoms with Gasteiger partial charge in [-0.05, 0) is 71.7 Å². The lowest BCUT2D eigenvalue weighted by Crippen LogP contribution is -2.37. The van der Waals surface area contributed by atoms with Crippen molar-refractivity contribution in [3.05, 3.63) is 76.7 Å². The lowest BCUT2D eigenvalue weighted by Gasteiger charge is -2.22. The molecule has 12 heteroatoms. The van der Waals surface area contributed by atoms with Crippen LogP contribution in [0.25, 0.3) is 28.5 Å². The van der Waals surface area contributed by atoms with Gasteiger partial charge in [0.2, 0.25) is 0 Å². The molecule has 1 heterocycles. The number of pyridine rings is 1. The third kappa shape index (κ3) is 7.50. The molecule has 2 aromatic carbocycles. The standard InChI is InChI=1S/C32H36FN3O7S/c1-18(2)30-26(14-12-22(37)15-23(38)16-28(39)40)29(20-7-10-21(33)11-8-20)25-6-4-5-19-9-13-24(17-27(19)31(25)35-30)44(42,43)36-32(41)34-3/h7-14,17-18,22-23,37-38H,4-6,15-16H2,1-3H3,(H,39,40)(H2,34,36,41)/t22-,23-/m1/s1. The molecular formula is C32H36FN3O7S. The minimum Gasteiger partial charge on any atom is -0.481 e. The Morgan fingerprint density at radius 2 is 1.80 bits per heavy atom. The maximum absolute atomic E-state index is 14.0. The first-order valence-corrected chi connectivity index (χ1v) is 15.8. The van der Waals surface area contributed by atoms with Crippen LogP contribution >= 0.6 is 0 Å². The zero-order chi connectivity index (χ0) is 32.2. The summed E-state index contributed by atoms with van der Waals surface area (Å²) in [6.07, 6.45) is 2.03. The summed E-state index contributed by atoms with van der Waals surface area (Å²) in [6, 6.07) is 9.83. The van der Waals surface area contributed by atoms with E-state index in [0.717, 1.165) is 16.7 Å². The molecule has 10 nitrogen and oxygen atoms in total. The molecule has 0 radical (unpaired) electrons. The second kappa shape index (κ2) is 13.7. The molecule has 234 valence electrons. The Morgan fingerprint density at radius 1 is 1.09 bits per heavy atom. The van der Waals surface area contributed by atoms with Gasteiger partial charge in [-0.15, -0.1) is 0 Å². The predicted molar refractivity (Wildman–Crippen MR) is 164 cm³/mol. The van der Waals surface area contributed by atoms with E-state index in [9.17, 15) is 32.6 Å². The molecule has 0 bridgehead atoms. The second-order valence-electron chi connectivity index (χ2n) is 11.0. The van der Waals surface area contributed by atoms with E-state index in [-0.39, 0.29) is 17.2 Å². The number of hydrogen-bond acceptors (Lipinski definition) is 7. The number of sulfonamides is 1. The van der Waals surface area contributed by atoms with E-state index in [1.807, 2.05) is 18.6 Å². The number of nitrogens with one attached hydrogen (secondary N) is 2. The van der Waals surface area contributed by atoms with Crippen molar-refractivity contribution >= 4 is 28.1 Å². The van der Waals surface area contributed by atoms with Gasteiger partial charge in [-0.3, -0.25) is 9.78 Å². The summed E-state index contributed by atoms with van der Waals surface area (Å²) in [7, 11) is -2.87. The highest BCUT2D eigenvalue weighted by Gasteiger charge is 2.27. The van der Waals surface area contributed by atoms with Crippen LogP contribution in [0.3, 0.4) is 0 Å². The van der Waals surface area contributed by atoms with Crippen LogP contribution in [0.15, 0.2) is 53.4 Å². The van der Waals surface area contributed by atoms with E-state index in [1.165, 1.54) is 37.4 Å². The minimum absolute atomic E-state index is 0.101. The first-order valence-electron chi connectivity index (χ1n) is 14.3. The minimum atomic E-state index is -4.18. The first-order chi connectivity index (χ1) is 20.8. The summed E-state index contributed by atoms with van der Waals surface area (Å²) < 4.78 is 42.0. The Bertz CT molecular complexity index is 1690. The topological polar surface area (TPSA) is 166 Å². The SMILES string of the molecule is CNC(=O)NS(=O)(=O)c1ccc2c(c1)-c1nc(C(C)C)c(C=C[C@@H](O)C[C@@H](O)CC(=O)O)c(-c3ccc(F)cc3)c1CCC2. The van der Waals surface area contributed by atoms with Crippen LogP contribution in [0.5, 0.6) is 0 Å². The number of amides is 2. The lowest BCUT2D eigenvalue weighted by atomic mass is 9.86. The smallest absolute Gasteiger partial charge is 0.328 e. The van der Waals surface area contributed by atoms with Gasteiger partial charge in [0.1, 0.15) is 5.82 Å². The Morgan fingerprint density at radius 3 is 2.43 bits per heavy atom. The van der Waals surface area contributed by atoms with Crippen molar-refractivity contribution in [3.8, 4) is 22.4 Å². The van der Waals surface area contributed by atoms with E-state index >= 15 is 0 Å². The van der Waals surface area contributed by atoms with Crippen molar-refractivity contribution in [1.82, 2.24) is 15.0 Å². The predicted octanol–water partition coefficient (Wildman–Crippen LogP) is 4.38. The number of aliphatic carboxylic acids is 1. The lowest BCUT2D eigenvalue weighted by molar-refractivity contribution is -0.139. The average molecular weight is 626 g/mol. The van der Waals surface area contributed by atoms with Crippen molar-refractivity contribution in [2.24, 2.45) is 0 Å². The number of fused-ring (bicyclic) bond motifs is 3. The maximum Gasteiger partial charge on any atom is 0.328 e. The number of carboxylic acid groups (broad SMARTS) is 1. The Hall–Kier alpha value is -4.13. The highest BCUT2D eigenvalue weighted by Crippen LogP contribution is 2.42. The Labute approximate surface area is 255 Å². The molecule has 0 saturated carbocycles. The maximum atomic E-state index is 14.0. The molecule has 0 saturated heterocycles. The molecule has 0 spiro atoms. The van der Waals surface area contributed by atoms with E-state index in [0.29, 0.717) is 47.3 Å². The van der Waals surface area contributed by atoms with Crippen LogP contribution in [0.4, 0.5) is 9.18 Å². The van der Waals surface area contributed by atoms with Gasteiger partial charge in [0.15, 0.2) is 0 Å². The number of carbonyl (C=O) groups is 2. The monoisotopic (exact) mass is 625 g/mol. The van der Waals surface area contributed by atoms with Crippen molar-refractivity contribution in [2.75, 3.05) is 7.05 Å². The molecule has 4 rings (SSSR count). The number of rotatable bonds is 10. The summed E-state index contributed by atoms with van der Waals surface area (Å²) in [5, 5.41) is 31.8. The van der Waals surface area contributed by atoms with E-state index in [1.54, 1.807) is 24.3 Å². The molecule has 5 N–H and O–H groups in total. The third-order valence-electron chi connectivity index (χ3n) is 7.43. The number of halogens is 1. The average Bonchev–Trinajstić information content (AvgIpc) is 3.13. The van der Waals surface area contributed by atoms with Crippen LogP contribution in [0, 0.1) is 5.82 Å². The third-order valence-corrected chi connectivity index (χ3v) is 8.76. The van der Waals surface area contributed by atoms with Crippen molar-refractivity contribution < 1.29 is 37.7 Å². The number of aromatic nitrogens is 1. The second-order valence-corrected chi connectivity index (χ2v) is 12.7. The number of nitrogens with zero attached hydrogens (tertiary/aromatic N) is 1. The van der Waals surface area contributed by atoms with E-state index in [4.69, 9.17) is 10.1 Å². The fourth-order valence-corrected chi connectivity index (χ4v) is 6.36. The van der Waals surface area contributed by atoms with E-state index < -0.39 is 46.5 Å². The number of aliphatic hydroxyl groups excluding tert-OH is 2. The fourth-order valence-electron chi connectivity index (χ4n) is 5.38. The highest BCUT2D eigenvalue weighted by molar-refractivity contribution is 7.90. The molecule has 2 atom stereocenters.